The third-order valence-electron chi connectivity index (χ3n) is 7.95. The molecule has 2 aliphatic rings. The number of carboxylic acids is 1. The normalized spacial score (nSPS) is 27.0. The number of methoxy groups -OCH3 is 1. The highest BCUT2D eigenvalue weighted by Crippen LogP contribution is 2.49. The molecule has 5 atom stereocenters. The van der Waals surface area contributed by atoms with Gasteiger partial charge in [-0.2, -0.15) is 0 Å². The van der Waals surface area contributed by atoms with Crippen LogP contribution in [0.1, 0.15) is 83.1 Å². The molecule has 1 unspecified atom stereocenters. The number of Topliss-reactive ketones (excluding diaryl/α,β-unsaturated/α-hetero) is 1. The van der Waals surface area contributed by atoms with E-state index < -0.39 is 36.1 Å². The number of halogens is 2. The average molecular weight is 511 g/mol. The first-order chi connectivity index (χ1) is 17.1. The summed E-state index contributed by atoms with van der Waals surface area (Å²) >= 11 is 0. The van der Waals surface area contributed by atoms with Crippen LogP contribution in [0, 0.1) is 17.8 Å². The Labute approximate surface area is 212 Å². The fraction of sp³-hybridized carbons (Fsp3) is 0.714. The standard InChI is InChI=1S/C28H40F2O6/c1-3-4-15-27(29,30)28(34)16-14-23-22(24(31)18-25(23)36-28)9-7-5-6-8-20(26(32)33)17-19-10-12-21(35-2)13-11-19/h10-13,20,22-23,25,34H,3-9,14-18H2,1-2H3,(H,32,33)/t20?,22-,23-,25-,28-/m1/s1. The number of ketones is 1. The van der Waals surface area contributed by atoms with Gasteiger partial charge in [0.1, 0.15) is 11.5 Å². The van der Waals surface area contributed by atoms with Gasteiger partial charge < -0.3 is 19.7 Å². The zero-order chi connectivity index (χ0) is 26.3. The lowest BCUT2D eigenvalue weighted by atomic mass is 9.81. The topological polar surface area (TPSA) is 93.1 Å². The summed E-state index contributed by atoms with van der Waals surface area (Å²) in [5.74, 6) is -6.74. The molecule has 1 aliphatic carbocycles. The summed E-state index contributed by atoms with van der Waals surface area (Å²) in [7, 11) is 1.59. The van der Waals surface area contributed by atoms with Crippen LogP contribution in [0.4, 0.5) is 8.78 Å². The highest BCUT2D eigenvalue weighted by atomic mass is 19.3. The first-order valence-corrected chi connectivity index (χ1v) is 13.3. The van der Waals surface area contributed by atoms with Crippen LogP contribution in [0.3, 0.4) is 0 Å². The Morgan fingerprint density at radius 3 is 2.58 bits per heavy atom. The summed E-state index contributed by atoms with van der Waals surface area (Å²) < 4.78 is 39.9. The Balaban J connectivity index is 1.44. The van der Waals surface area contributed by atoms with Crippen molar-refractivity contribution in [2.24, 2.45) is 17.8 Å². The van der Waals surface area contributed by atoms with Gasteiger partial charge >= 0.3 is 11.9 Å². The van der Waals surface area contributed by atoms with Gasteiger partial charge in [0.25, 0.3) is 0 Å². The molecule has 1 aliphatic heterocycles. The van der Waals surface area contributed by atoms with Crippen LogP contribution >= 0.6 is 0 Å². The summed E-state index contributed by atoms with van der Waals surface area (Å²) in [5.41, 5.74) is 0.948. The summed E-state index contributed by atoms with van der Waals surface area (Å²) in [6.45, 7) is 1.82. The predicted molar refractivity (Wildman–Crippen MR) is 131 cm³/mol. The molecule has 1 aromatic rings. The van der Waals surface area contributed by atoms with Gasteiger partial charge in [-0.05, 0) is 55.7 Å². The molecule has 1 heterocycles. The van der Waals surface area contributed by atoms with Crippen LogP contribution in [0.15, 0.2) is 24.3 Å². The van der Waals surface area contributed by atoms with Crippen LogP contribution in [0.25, 0.3) is 0 Å². The molecule has 0 aromatic heterocycles. The average Bonchev–Trinajstić information content (AvgIpc) is 3.15. The fourth-order valence-corrected chi connectivity index (χ4v) is 5.72. The van der Waals surface area contributed by atoms with E-state index in [1.54, 1.807) is 7.11 Å². The number of hydrogen-bond donors (Lipinski definition) is 2. The van der Waals surface area contributed by atoms with Crippen LogP contribution in [-0.2, 0) is 20.7 Å². The molecular weight excluding hydrogens is 470 g/mol. The smallest absolute Gasteiger partial charge is 0.306 e. The number of aliphatic carboxylic acids is 1. The van der Waals surface area contributed by atoms with Gasteiger partial charge in [-0.1, -0.05) is 44.7 Å². The molecule has 1 saturated heterocycles. The van der Waals surface area contributed by atoms with Crippen molar-refractivity contribution in [2.75, 3.05) is 7.11 Å². The Morgan fingerprint density at radius 1 is 1.22 bits per heavy atom. The van der Waals surface area contributed by atoms with Crippen molar-refractivity contribution in [3.05, 3.63) is 29.8 Å². The number of unbranched alkanes of at least 4 members (excludes halogenated alkanes) is 3. The SMILES string of the molecule is CCCCC(F)(F)[C@@]1(O)CC[C@H]2[C@@H](CC(=O)[C@@H]2CCCCCC(Cc2ccc(OC)cc2)C(=O)O)O1. The van der Waals surface area contributed by atoms with Gasteiger partial charge in [-0.3, -0.25) is 9.59 Å². The molecule has 8 heteroatoms. The third-order valence-corrected chi connectivity index (χ3v) is 7.95. The van der Waals surface area contributed by atoms with E-state index in [0.29, 0.717) is 38.5 Å². The van der Waals surface area contributed by atoms with Crippen LogP contribution < -0.4 is 4.74 Å². The molecule has 0 bridgehead atoms. The minimum absolute atomic E-state index is 0.0223. The number of ether oxygens (including phenoxy) is 2. The van der Waals surface area contributed by atoms with E-state index in [0.717, 1.165) is 30.6 Å². The summed E-state index contributed by atoms with van der Waals surface area (Å²) in [5, 5.41) is 20.2. The van der Waals surface area contributed by atoms with Crippen molar-refractivity contribution in [1.29, 1.82) is 0 Å². The lowest BCUT2D eigenvalue weighted by molar-refractivity contribution is -0.356. The van der Waals surface area contributed by atoms with E-state index in [4.69, 9.17) is 9.47 Å². The van der Waals surface area contributed by atoms with Gasteiger partial charge in [0.2, 0.25) is 5.79 Å². The molecule has 2 fully saturated rings. The second-order valence-corrected chi connectivity index (χ2v) is 10.5. The quantitative estimate of drug-likeness (QED) is 0.308. The zero-order valence-corrected chi connectivity index (χ0v) is 21.4. The van der Waals surface area contributed by atoms with E-state index in [9.17, 15) is 28.6 Å². The number of carboxylic acid groups (broad SMARTS) is 1. The van der Waals surface area contributed by atoms with E-state index >= 15 is 0 Å². The van der Waals surface area contributed by atoms with Crippen molar-refractivity contribution in [3.63, 3.8) is 0 Å². The number of fused-ring (bicyclic) bond motifs is 1. The number of aliphatic hydroxyl groups is 1. The minimum Gasteiger partial charge on any atom is -0.497 e. The lowest BCUT2D eigenvalue weighted by Crippen LogP contribution is -2.55. The number of rotatable bonds is 14. The van der Waals surface area contributed by atoms with E-state index in [-0.39, 0.29) is 30.5 Å². The predicted octanol–water partition coefficient (Wildman–Crippen LogP) is 5.79. The summed E-state index contributed by atoms with van der Waals surface area (Å²) in [4.78, 5) is 24.4. The van der Waals surface area contributed by atoms with E-state index in [2.05, 4.69) is 0 Å². The highest BCUT2D eigenvalue weighted by Gasteiger charge is 2.59. The van der Waals surface area contributed by atoms with Crippen LogP contribution in [-0.4, -0.2) is 46.9 Å². The van der Waals surface area contributed by atoms with Gasteiger partial charge in [-0.25, -0.2) is 8.78 Å². The van der Waals surface area contributed by atoms with Gasteiger partial charge in [0.15, 0.2) is 0 Å². The maximum atomic E-state index is 14.6. The second-order valence-electron chi connectivity index (χ2n) is 10.5. The van der Waals surface area contributed by atoms with Crippen molar-refractivity contribution in [1.82, 2.24) is 0 Å². The molecule has 1 saturated carbocycles. The van der Waals surface area contributed by atoms with E-state index in [1.165, 1.54) is 0 Å². The zero-order valence-electron chi connectivity index (χ0n) is 21.4. The maximum absolute atomic E-state index is 14.6. The largest absolute Gasteiger partial charge is 0.497 e. The number of carbonyl (C=O) groups is 2. The lowest BCUT2D eigenvalue weighted by Gasteiger charge is -2.43. The summed E-state index contributed by atoms with van der Waals surface area (Å²) in [6.07, 6.45) is 4.03. The van der Waals surface area contributed by atoms with Crippen LogP contribution in [0.2, 0.25) is 0 Å². The van der Waals surface area contributed by atoms with Crippen LogP contribution in [0.5, 0.6) is 5.75 Å². The Morgan fingerprint density at radius 2 is 1.94 bits per heavy atom. The summed E-state index contributed by atoms with van der Waals surface area (Å²) in [6, 6.07) is 7.40. The minimum atomic E-state index is -3.33. The molecule has 0 radical (unpaired) electrons. The molecule has 2 N–H and O–H groups in total. The molecule has 202 valence electrons. The Kier molecular flexibility index (Phi) is 9.86. The molecule has 36 heavy (non-hydrogen) atoms. The molecule has 0 spiro atoms. The maximum Gasteiger partial charge on any atom is 0.306 e. The molecule has 6 nitrogen and oxygen atoms in total. The Hall–Kier alpha value is -2.06. The van der Waals surface area contributed by atoms with E-state index in [1.807, 2.05) is 31.2 Å². The van der Waals surface area contributed by atoms with Gasteiger partial charge in [0, 0.05) is 25.2 Å². The number of alkyl halides is 2. The van der Waals surface area contributed by atoms with Crippen molar-refractivity contribution in [2.45, 2.75) is 102 Å². The molecule has 0 amide bonds. The number of benzene rings is 1. The fourth-order valence-electron chi connectivity index (χ4n) is 5.72. The Bertz CT molecular complexity index is 873. The molecule has 1 aromatic carbocycles. The number of carbonyl (C=O) groups excluding carboxylic acids is 1. The third kappa shape index (κ3) is 6.82. The van der Waals surface area contributed by atoms with Gasteiger partial charge in [0.05, 0.1) is 19.1 Å². The van der Waals surface area contributed by atoms with Gasteiger partial charge in [-0.15, -0.1) is 0 Å². The highest BCUT2D eigenvalue weighted by molar-refractivity contribution is 5.84. The number of hydrogen-bond acceptors (Lipinski definition) is 5. The van der Waals surface area contributed by atoms with Crippen molar-refractivity contribution >= 4 is 11.8 Å². The monoisotopic (exact) mass is 510 g/mol. The second kappa shape index (κ2) is 12.5. The first kappa shape index (κ1) is 28.5. The van der Waals surface area contributed by atoms with Crippen molar-refractivity contribution < 1.29 is 38.1 Å². The first-order valence-electron chi connectivity index (χ1n) is 13.3. The van der Waals surface area contributed by atoms with Crippen molar-refractivity contribution in [3.8, 4) is 5.75 Å². The molecule has 3 rings (SSSR count). The molecular formula is C28H40F2O6.